The molecule has 27 heavy (non-hydrogen) atoms. The lowest BCUT2D eigenvalue weighted by atomic mass is 9.48. The van der Waals surface area contributed by atoms with Gasteiger partial charge in [0.25, 0.3) is 0 Å². The van der Waals surface area contributed by atoms with E-state index < -0.39 is 0 Å². The second kappa shape index (κ2) is 6.76. The maximum atomic E-state index is 13.5. The van der Waals surface area contributed by atoms with Gasteiger partial charge in [-0.15, -0.1) is 5.10 Å². The molecule has 0 amide bonds. The highest BCUT2D eigenvalue weighted by Crippen LogP contribution is 2.61. The number of Topliss-reactive ketones (excluding diaryl/α,β-unsaturated/α-hetero) is 1. The first-order chi connectivity index (χ1) is 13.0. The van der Waals surface area contributed by atoms with Crippen LogP contribution in [-0.4, -0.2) is 38.5 Å². The highest BCUT2D eigenvalue weighted by Gasteiger charge is 2.55. The number of carbonyl (C=O) groups excluding carboxylic acids is 1. The lowest BCUT2D eigenvalue weighted by molar-refractivity contribution is -0.142. The predicted molar refractivity (Wildman–Crippen MR) is 103 cm³/mol. The van der Waals surface area contributed by atoms with Crippen molar-refractivity contribution in [2.75, 3.05) is 6.61 Å². The van der Waals surface area contributed by atoms with E-state index in [1.54, 1.807) is 4.57 Å². The monoisotopic (exact) mass is 391 g/mol. The number of ketones is 1. The summed E-state index contributed by atoms with van der Waals surface area (Å²) in [4.78, 5) is 25.7. The van der Waals surface area contributed by atoms with E-state index in [1.807, 2.05) is 6.92 Å². The maximum Gasteiger partial charge on any atom is 0.344 e. The number of nitrogens with one attached hydrogen (secondary N) is 1. The minimum Gasteiger partial charge on any atom is -0.376 e. The fraction of sp³-hybridized carbons (Fsp3) is 0.850. The van der Waals surface area contributed by atoms with Gasteiger partial charge in [-0.05, 0) is 76.0 Å². The molecule has 148 valence electrons. The Bertz CT molecular complexity index is 744. The quantitative estimate of drug-likeness (QED) is 0.755. The lowest BCUT2D eigenvalue weighted by Crippen LogP contribution is -2.51. The summed E-state index contributed by atoms with van der Waals surface area (Å²) >= 11 is 1.45. The van der Waals surface area contributed by atoms with Crippen LogP contribution in [-0.2, 0) is 16.1 Å². The number of aromatic amines is 1. The molecule has 0 unspecified atom stereocenters. The molecule has 5 aliphatic rings. The number of H-pyrrole nitrogens is 1. The van der Waals surface area contributed by atoms with Crippen LogP contribution in [0.5, 0.6) is 0 Å². The van der Waals surface area contributed by atoms with Gasteiger partial charge in [-0.2, -0.15) is 0 Å². The second-order valence-electron chi connectivity index (χ2n) is 9.38. The van der Waals surface area contributed by atoms with Crippen LogP contribution in [0.25, 0.3) is 0 Å². The van der Waals surface area contributed by atoms with Crippen LogP contribution in [0.3, 0.4) is 0 Å². The molecule has 4 aliphatic carbocycles. The molecule has 5 fully saturated rings. The summed E-state index contributed by atoms with van der Waals surface area (Å²) in [5, 5.41) is 7.23. The molecule has 1 aliphatic heterocycles. The average molecular weight is 392 g/mol. The van der Waals surface area contributed by atoms with E-state index in [9.17, 15) is 9.59 Å². The number of rotatable bonds is 6. The zero-order valence-electron chi connectivity index (χ0n) is 16.0. The normalized spacial score (nSPS) is 38.4. The summed E-state index contributed by atoms with van der Waals surface area (Å²) in [5.74, 6) is 2.69. The van der Waals surface area contributed by atoms with E-state index >= 15 is 0 Å². The first kappa shape index (κ1) is 18.0. The maximum absolute atomic E-state index is 13.5. The van der Waals surface area contributed by atoms with Crippen molar-refractivity contribution >= 4 is 17.5 Å². The molecule has 1 saturated heterocycles. The number of thioether (sulfide) groups is 1. The second-order valence-corrected chi connectivity index (χ2v) is 10.7. The molecule has 6 nitrogen and oxygen atoms in total. The Morgan fingerprint density at radius 3 is 2.56 bits per heavy atom. The fourth-order valence-corrected chi connectivity index (χ4v) is 7.66. The molecule has 2 heterocycles. The van der Waals surface area contributed by atoms with Gasteiger partial charge in [0.1, 0.15) is 0 Å². The zero-order valence-corrected chi connectivity index (χ0v) is 16.8. The number of hydrogen-bond donors (Lipinski definition) is 1. The Hall–Kier alpha value is -1.08. The third-order valence-corrected chi connectivity index (χ3v) is 8.44. The smallest absolute Gasteiger partial charge is 0.344 e. The van der Waals surface area contributed by atoms with E-state index in [4.69, 9.17) is 4.74 Å². The lowest BCUT2D eigenvalue weighted by Gasteiger charge is -2.56. The molecular weight excluding hydrogens is 362 g/mol. The van der Waals surface area contributed by atoms with Crippen LogP contribution in [0.2, 0.25) is 0 Å². The molecule has 1 N–H and O–H groups in total. The summed E-state index contributed by atoms with van der Waals surface area (Å²) in [6.45, 7) is 3.29. The van der Waals surface area contributed by atoms with Crippen molar-refractivity contribution in [2.24, 2.45) is 23.2 Å². The van der Waals surface area contributed by atoms with Crippen LogP contribution in [0.4, 0.5) is 0 Å². The Morgan fingerprint density at radius 1 is 1.30 bits per heavy atom. The summed E-state index contributed by atoms with van der Waals surface area (Å²) in [6.07, 6.45) is 9.39. The highest BCUT2D eigenvalue weighted by molar-refractivity contribution is 8.00. The summed E-state index contributed by atoms with van der Waals surface area (Å²) in [7, 11) is 0. The molecule has 4 bridgehead atoms. The minimum atomic E-state index is -0.206. The van der Waals surface area contributed by atoms with Gasteiger partial charge in [-0.3, -0.25) is 9.36 Å². The Kier molecular flexibility index (Phi) is 4.50. The summed E-state index contributed by atoms with van der Waals surface area (Å²) < 4.78 is 7.33. The van der Waals surface area contributed by atoms with Gasteiger partial charge in [-0.1, -0.05) is 11.8 Å². The van der Waals surface area contributed by atoms with Gasteiger partial charge >= 0.3 is 5.69 Å². The van der Waals surface area contributed by atoms with Crippen molar-refractivity contribution in [1.82, 2.24) is 14.8 Å². The number of carbonyl (C=O) groups is 1. The molecule has 4 saturated carbocycles. The SMILES string of the molecule is C[C@@H](Sc1n[nH]c(=O)n1C[C@H]1CCCO1)C(=O)C12CC3CC(CC(C3)C1)C2. The van der Waals surface area contributed by atoms with Gasteiger partial charge in [0.15, 0.2) is 10.9 Å². The molecule has 2 atom stereocenters. The van der Waals surface area contributed by atoms with Crippen molar-refractivity contribution in [3.8, 4) is 0 Å². The van der Waals surface area contributed by atoms with Crippen molar-refractivity contribution in [1.29, 1.82) is 0 Å². The number of aromatic nitrogens is 3. The Labute approximate surface area is 163 Å². The largest absolute Gasteiger partial charge is 0.376 e. The molecule has 0 radical (unpaired) electrons. The number of ether oxygens (including phenoxy) is 1. The number of nitrogens with zero attached hydrogens (tertiary/aromatic N) is 2. The van der Waals surface area contributed by atoms with E-state index in [-0.39, 0.29) is 22.5 Å². The average Bonchev–Trinajstić information content (AvgIpc) is 3.25. The summed E-state index contributed by atoms with van der Waals surface area (Å²) in [6, 6.07) is 0. The summed E-state index contributed by atoms with van der Waals surface area (Å²) in [5.41, 5.74) is -0.306. The van der Waals surface area contributed by atoms with Crippen LogP contribution in [0.1, 0.15) is 58.3 Å². The Morgan fingerprint density at radius 2 is 1.96 bits per heavy atom. The zero-order chi connectivity index (χ0) is 18.6. The van der Waals surface area contributed by atoms with Gasteiger partial charge in [0, 0.05) is 12.0 Å². The van der Waals surface area contributed by atoms with Crippen LogP contribution >= 0.6 is 11.8 Å². The Balaban J connectivity index is 1.31. The minimum absolute atomic E-state index is 0.0776. The van der Waals surface area contributed by atoms with E-state index in [0.29, 0.717) is 17.5 Å². The molecule has 7 heteroatoms. The first-order valence-corrected chi connectivity index (χ1v) is 11.4. The van der Waals surface area contributed by atoms with Gasteiger partial charge in [0.2, 0.25) is 0 Å². The van der Waals surface area contributed by atoms with Gasteiger partial charge in [-0.25, -0.2) is 9.89 Å². The molecule has 0 spiro atoms. The van der Waals surface area contributed by atoms with Crippen LogP contribution in [0.15, 0.2) is 9.95 Å². The highest BCUT2D eigenvalue weighted by atomic mass is 32.2. The topological polar surface area (TPSA) is 77.0 Å². The van der Waals surface area contributed by atoms with E-state index in [2.05, 4.69) is 10.2 Å². The molecule has 0 aromatic carbocycles. The molecule has 1 aromatic rings. The van der Waals surface area contributed by atoms with E-state index in [1.165, 1.54) is 31.0 Å². The van der Waals surface area contributed by atoms with Crippen molar-refractivity contribution in [3.63, 3.8) is 0 Å². The predicted octanol–water partition coefficient (Wildman–Crippen LogP) is 3.02. The third-order valence-electron chi connectivity index (χ3n) is 7.35. The van der Waals surface area contributed by atoms with Crippen LogP contribution < -0.4 is 5.69 Å². The van der Waals surface area contributed by atoms with Crippen LogP contribution in [0, 0.1) is 23.2 Å². The molecular formula is C20H29N3O3S. The van der Waals surface area contributed by atoms with Crippen molar-refractivity contribution in [3.05, 3.63) is 10.5 Å². The van der Waals surface area contributed by atoms with Crippen molar-refractivity contribution in [2.45, 2.75) is 81.3 Å². The van der Waals surface area contributed by atoms with Gasteiger partial charge in [0.05, 0.1) is 17.9 Å². The van der Waals surface area contributed by atoms with E-state index in [0.717, 1.165) is 56.5 Å². The number of hydrogen-bond acceptors (Lipinski definition) is 5. The van der Waals surface area contributed by atoms with Gasteiger partial charge < -0.3 is 4.74 Å². The molecule has 1 aromatic heterocycles. The standard InChI is InChI=1S/C20H29N3O3S/c1-12(17(24)20-8-13-5-14(9-20)7-15(6-13)10-20)27-19-22-21-18(25)23(19)11-16-3-2-4-26-16/h12-16H,2-11H2,1H3,(H,21,25)/t12-,13?,14?,15?,16-,20?/m1/s1. The van der Waals surface area contributed by atoms with Crippen molar-refractivity contribution < 1.29 is 9.53 Å². The first-order valence-electron chi connectivity index (χ1n) is 10.5. The fourth-order valence-electron chi connectivity index (χ4n) is 6.60. The molecule has 6 rings (SSSR count). The third kappa shape index (κ3) is 3.20.